The van der Waals surface area contributed by atoms with Crippen molar-refractivity contribution in [3.8, 4) is 0 Å². The summed E-state index contributed by atoms with van der Waals surface area (Å²) in [6.45, 7) is 2.48. The number of hydrogen-bond acceptors (Lipinski definition) is 2. The molecule has 1 N–H and O–H groups in total. The van der Waals surface area contributed by atoms with Crippen LogP contribution in [0, 0.1) is 0 Å². The van der Waals surface area contributed by atoms with Crippen molar-refractivity contribution < 1.29 is 9.18 Å². The summed E-state index contributed by atoms with van der Waals surface area (Å²) in [5, 5.41) is 3.48. The lowest BCUT2D eigenvalue weighted by Crippen LogP contribution is -2.46. The van der Waals surface area contributed by atoms with E-state index in [-0.39, 0.29) is 19.0 Å². The molecule has 1 heterocycles. The number of carbonyl (C=O) groups excluding carboxylic acids is 1. The van der Waals surface area contributed by atoms with Crippen LogP contribution < -0.4 is 5.32 Å². The molecule has 1 fully saturated rings. The molecule has 2 rings (SSSR count). The fraction of sp³-hybridized carbons (Fsp3) is 0.500. The second kappa shape index (κ2) is 5.47. The number of nitrogens with one attached hydrogen (secondary N) is 1. The summed E-state index contributed by atoms with van der Waals surface area (Å²) in [4.78, 5) is 13.7. The highest BCUT2D eigenvalue weighted by Crippen LogP contribution is 2.30. The molecule has 0 saturated carbocycles. The minimum Gasteiger partial charge on any atom is -0.336 e. The molecular formula is C14H18ClFN2O. The van der Waals surface area contributed by atoms with Crippen LogP contribution in [0.4, 0.5) is 4.39 Å². The Morgan fingerprint density at radius 3 is 2.79 bits per heavy atom. The van der Waals surface area contributed by atoms with Crippen LogP contribution in [0.1, 0.15) is 24.9 Å². The van der Waals surface area contributed by atoms with Crippen molar-refractivity contribution in [3.63, 3.8) is 0 Å². The maximum Gasteiger partial charge on any atom is 0.261 e. The third kappa shape index (κ3) is 2.74. The van der Waals surface area contributed by atoms with Crippen molar-refractivity contribution in [2.45, 2.75) is 25.1 Å². The molecule has 104 valence electrons. The van der Waals surface area contributed by atoms with E-state index in [0.29, 0.717) is 11.6 Å². The van der Waals surface area contributed by atoms with Gasteiger partial charge in [-0.2, -0.15) is 0 Å². The second-order valence-electron chi connectivity index (χ2n) is 5.01. The molecule has 0 bridgehead atoms. The molecular weight excluding hydrogens is 267 g/mol. The first kappa shape index (κ1) is 14.3. The number of halogens is 2. The van der Waals surface area contributed by atoms with Crippen LogP contribution in [-0.2, 0) is 4.79 Å². The molecule has 1 saturated heterocycles. The molecule has 3 nitrogen and oxygen atoms in total. The quantitative estimate of drug-likeness (QED) is 0.925. The molecule has 5 heteroatoms. The molecule has 1 aromatic carbocycles. The molecule has 2 atom stereocenters. The van der Waals surface area contributed by atoms with E-state index < -0.39 is 11.6 Å². The number of alkyl halides is 1. The molecule has 0 aliphatic carbocycles. The van der Waals surface area contributed by atoms with Gasteiger partial charge in [-0.25, -0.2) is 4.39 Å². The molecule has 1 aromatic rings. The van der Waals surface area contributed by atoms with Gasteiger partial charge < -0.3 is 10.2 Å². The second-order valence-corrected chi connectivity index (χ2v) is 5.41. The fourth-order valence-electron chi connectivity index (χ4n) is 2.36. The summed E-state index contributed by atoms with van der Waals surface area (Å²) < 4.78 is 14.4. The minimum absolute atomic E-state index is 0.0887. The summed E-state index contributed by atoms with van der Waals surface area (Å²) >= 11 is 6.12. The largest absolute Gasteiger partial charge is 0.336 e. The van der Waals surface area contributed by atoms with Gasteiger partial charge in [0, 0.05) is 25.0 Å². The summed E-state index contributed by atoms with van der Waals surface area (Å²) in [6, 6.07) is 7.06. The monoisotopic (exact) mass is 284 g/mol. The zero-order valence-electron chi connectivity index (χ0n) is 11.1. The average Bonchev–Trinajstić information content (AvgIpc) is 2.85. The van der Waals surface area contributed by atoms with Crippen molar-refractivity contribution in [1.82, 2.24) is 10.2 Å². The number of carbonyl (C=O) groups is 1. The van der Waals surface area contributed by atoms with Crippen LogP contribution in [0.2, 0.25) is 5.02 Å². The highest BCUT2D eigenvalue weighted by molar-refractivity contribution is 6.31. The van der Waals surface area contributed by atoms with Gasteiger partial charge in [-0.1, -0.05) is 29.8 Å². The Morgan fingerprint density at radius 2 is 2.21 bits per heavy atom. The Morgan fingerprint density at radius 1 is 1.53 bits per heavy atom. The highest BCUT2D eigenvalue weighted by atomic mass is 35.5. The summed E-state index contributed by atoms with van der Waals surface area (Å²) in [7, 11) is 1.62. The average molecular weight is 285 g/mol. The zero-order chi connectivity index (χ0) is 14.0. The number of hydrogen-bond donors (Lipinski definition) is 1. The van der Waals surface area contributed by atoms with E-state index in [0.717, 1.165) is 5.56 Å². The van der Waals surface area contributed by atoms with Gasteiger partial charge in [0.25, 0.3) is 5.91 Å². The third-order valence-electron chi connectivity index (χ3n) is 3.74. The predicted molar refractivity (Wildman–Crippen MR) is 74.0 cm³/mol. The third-order valence-corrected chi connectivity index (χ3v) is 4.09. The van der Waals surface area contributed by atoms with Crippen molar-refractivity contribution in [2.75, 3.05) is 20.1 Å². The van der Waals surface area contributed by atoms with Gasteiger partial charge in [-0.3, -0.25) is 4.79 Å². The van der Waals surface area contributed by atoms with E-state index in [4.69, 9.17) is 11.6 Å². The van der Waals surface area contributed by atoms with Crippen molar-refractivity contribution in [1.29, 1.82) is 0 Å². The van der Waals surface area contributed by atoms with Gasteiger partial charge >= 0.3 is 0 Å². The predicted octanol–water partition coefficient (Wildman–Crippen LogP) is 2.56. The highest BCUT2D eigenvalue weighted by Gasteiger charge is 2.44. The van der Waals surface area contributed by atoms with Gasteiger partial charge in [0.15, 0.2) is 0 Å². The summed E-state index contributed by atoms with van der Waals surface area (Å²) in [6.07, 6.45) is 0.228. The van der Waals surface area contributed by atoms with Gasteiger partial charge in [0.2, 0.25) is 5.67 Å². The first-order valence-electron chi connectivity index (χ1n) is 6.37. The van der Waals surface area contributed by atoms with Gasteiger partial charge in [-0.15, -0.1) is 0 Å². The van der Waals surface area contributed by atoms with E-state index in [1.807, 2.05) is 25.1 Å². The van der Waals surface area contributed by atoms with Crippen LogP contribution >= 0.6 is 11.6 Å². The van der Waals surface area contributed by atoms with Crippen LogP contribution in [0.15, 0.2) is 24.3 Å². The SMILES string of the molecule is C[C@H](c1ccccc1Cl)N(C)C(=O)[C@@]1(F)CCNC1. The number of amides is 1. The lowest BCUT2D eigenvalue weighted by molar-refractivity contribution is -0.143. The molecule has 0 spiro atoms. The normalized spacial score (nSPS) is 24.2. The van der Waals surface area contributed by atoms with E-state index in [1.165, 1.54) is 4.90 Å². The van der Waals surface area contributed by atoms with Gasteiger partial charge in [0.05, 0.1) is 6.04 Å². The number of nitrogens with zero attached hydrogens (tertiary/aromatic N) is 1. The molecule has 1 aliphatic heterocycles. The van der Waals surface area contributed by atoms with Gasteiger partial charge in [-0.05, 0) is 25.1 Å². The molecule has 0 aromatic heterocycles. The number of rotatable bonds is 3. The van der Waals surface area contributed by atoms with Crippen molar-refractivity contribution >= 4 is 17.5 Å². The standard InChI is InChI=1S/C14H18ClFN2O/c1-10(11-5-3-4-6-12(11)15)18(2)13(19)14(16)7-8-17-9-14/h3-6,10,17H,7-9H2,1-2H3/t10-,14-/m1/s1. The van der Waals surface area contributed by atoms with Crippen molar-refractivity contribution in [3.05, 3.63) is 34.9 Å². The van der Waals surface area contributed by atoms with Crippen LogP contribution in [0.25, 0.3) is 0 Å². The minimum atomic E-state index is -1.79. The maximum absolute atomic E-state index is 14.4. The van der Waals surface area contributed by atoms with Crippen LogP contribution in [-0.4, -0.2) is 36.6 Å². The molecule has 19 heavy (non-hydrogen) atoms. The molecule has 1 aliphatic rings. The van der Waals surface area contributed by atoms with E-state index in [9.17, 15) is 9.18 Å². The molecule has 1 amide bonds. The Kier molecular flexibility index (Phi) is 4.11. The summed E-state index contributed by atoms with van der Waals surface area (Å²) in [5.41, 5.74) is -0.959. The molecule has 0 radical (unpaired) electrons. The zero-order valence-corrected chi connectivity index (χ0v) is 11.9. The van der Waals surface area contributed by atoms with Crippen molar-refractivity contribution in [2.24, 2.45) is 0 Å². The Labute approximate surface area is 117 Å². The number of benzene rings is 1. The van der Waals surface area contributed by atoms with Gasteiger partial charge in [0.1, 0.15) is 0 Å². The van der Waals surface area contributed by atoms with E-state index >= 15 is 0 Å². The smallest absolute Gasteiger partial charge is 0.261 e. The maximum atomic E-state index is 14.4. The first-order chi connectivity index (χ1) is 8.96. The fourth-order valence-corrected chi connectivity index (χ4v) is 2.65. The first-order valence-corrected chi connectivity index (χ1v) is 6.75. The van der Waals surface area contributed by atoms with Crippen LogP contribution in [0.3, 0.4) is 0 Å². The summed E-state index contributed by atoms with van der Waals surface area (Å²) in [5.74, 6) is -0.482. The topological polar surface area (TPSA) is 32.3 Å². The molecule has 0 unspecified atom stereocenters. The lowest BCUT2D eigenvalue weighted by atomic mass is 10.0. The lowest BCUT2D eigenvalue weighted by Gasteiger charge is -2.31. The van der Waals surface area contributed by atoms with Crippen LogP contribution in [0.5, 0.6) is 0 Å². The Balaban J connectivity index is 2.17. The van der Waals surface area contributed by atoms with E-state index in [2.05, 4.69) is 5.32 Å². The van der Waals surface area contributed by atoms with E-state index in [1.54, 1.807) is 13.1 Å². The Bertz CT molecular complexity index is 474. The Hall–Kier alpha value is -1.13.